The highest BCUT2D eigenvalue weighted by atomic mass is 32.2. The lowest BCUT2D eigenvalue weighted by atomic mass is 10.3. The van der Waals surface area contributed by atoms with Crippen LogP contribution >= 0.6 is 0 Å². The fourth-order valence-electron chi connectivity index (χ4n) is 2.33. The molecular weight excluding hydrogens is 322 g/mol. The molecule has 1 amide bonds. The Morgan fingerprint density at radius 1 is 1.43 bits per heavy atom. The largest absolute Gasteiger partial charge is 0.354 e. The summed E-state index contributed by atoms with van der Waals surface area (Å²) >= 11 is 0. The van der Waals surface area contributed by atoms with Gasteiger partial charge in [0.1, 0.15) is 16.1 Å². The molecule has 2 aromatic heterocycles. The number of nitrogens with zero attached hydrogens (tertiary/aromatic N) is 3. The summed E-state index contributed by atoms with van der Waals surface area (Å²) in [5.74, 6) is 0.357. The third-order valence-electron chi connectivity index (χ3n) is 3.77. The maximum Gasteiger partial charge on any atom is 0.267 e. The van der Waals surface area contributed by atoms with Crippen LogP contribution in [-0.2, 0) is 22.6 Å². The summed E-state index contributed by atoms with van der Waals surface area (Å²) in [6.07, 6.45) is 2.56. The Balaban J connectivity index is 1.90. The predicted molar refractivity (Wildman–Crippen MR) is 79.1 cm³/mol. The molecule has 2 N–H and O–H groups in total. The lowest BCUT2D eigenvalue weighted by Crippen LogP contribution is -2.35. The number of amides is 1. The smallest absolute Gasteiger partial charge is 0.267 e. The summed E-state index contributed by atoms with van der Waals surface area (Å²) in [4.78, 5) is 15.8. The number of sulfonamides is 1. The number of nitrogens with one attached hydrogen (secondary N) is 2. The van der Waals surface area contributed by atoms with E-state index in [1.165, 1.54) is 23.9 Å². The molecule has 0 aromatic carbocycles. The van der Waals surface area contributed by atoms with E-state index in [0.717, 1.165) is 0 Å². The van der Waals surface area contributed by atoms with Gasteiger partial charge in [0.05, 0.1) is 0 Å². The number of carbonyl (C=O) groups is 1. The van der Waals surface area contributed by atoms with Gasteiger partial charge in [0.15, 0.2) is 5.82 Å². The first-order valence-corrected chi connectivity index (χ1v) is 8.49. The van der Waals surface area contributed by atoms with Gasteiger partial charge in [-0.25, -0.2) is 8.42 Å². The standard InChI is InChI=1S/C13H17N5O4S/c1-8-15-12(22-16-8)13(4-5-13)17-23(20,21)9-6-10(11(19)14-2)18(3)7-9/h6-7,17H,4-5H2,1-3H3,(H,14,19). The Bertz CT molecular complexity index is 863. The van der Waals surface area contributed by atoms with Crippen LogP contribution in [0.1, 0.15) is 35.0 Å². The fourth-order valence-corrected chi connectivity index (χ4v) is 3.81. The molecule has 1 aliphatic rings. The molecule has 1 saturated carbocycles. The van der Waals surface area contributed by atoms with Gasteiger partial charge >= 0.3 is 0 Å². The summed E-state index contributed by atoms with van der Waals surface area (Å²) in [5, 5.41) is 6.17. The Morgan fingerprint density at radius 2 is 2.13 bits per heavy atom. The maximum absolute atomic E-state index is 12.6. The summed E-state index contributed by atoms with van der Waals surface area (Å²) in [7, 11) is -0.722. The van der Waals surface area contributed by atoms with Crippen LogP contribution < -0.4 is 10.0 Å². The van der Waals surface area contributed by atoms with E-state index < -0.39 is 15.6 Å². The summed E-state index contributed by atoms with van der Waals surface area (Å²) < 4.78 is 34.4. The van der Waals surface area contributed by atoms with E-state index in [1.807, 2.05) is 0 Å². The first-order chi connectivity index (χ1) is 10.8. The molecule has 0 radical (unpaired) electrons. The summed E-state index contributed by atoms with van der Waals surface area (Å²) in [6.45, 7) is 1.67. The number of carbonyl (C=O) groups excluding carboxylic acids is 1. The molecule has 2 aromatic rings. The Morgan fingerprint density at radius 3 is 2.65 bits per heavy atom. The van der Waals surface area contributed by atoms with Crippen LogP contribution in [0.2, 0.25) is 0 Å². The van der Waals surface area contributed by atoms with E-state index in [9.17, 15) is 13.2 Å². The number of aryl methyl sites for hydroxylation is 2. The van der Waals surface area contributed by atoms with Crippen molar-refractivity contribution in [3.63, 3.8) is 0 Å². The quantitative estimate of drug-likeness (QED) is 0.794. The van der Waals surface area contributed by atoms with E-state index in [1.54, 1.807) is 14.0 Å². The van der Waals surface area contributed by atoms with Gasteiger partial charge in [0, 0.05) is 20.3 Å². The number of rotatable bonds is 5. The van der Waals surface area contributed by atoms with Gasteiger partial charge in [-0.2, -0.15) is 9.71 Å². The van der Waals surface area contributed by atoms with E-state index in [0.29, 0.717) is 18.7 Å². The molecule has 0 aliphatic heterocycles. The van der Waals surface area contributed by atoms with E-state index in [4.69, 9.17) is 4.52 Å². The lowest BCUT2D eigenvalue weighted by Gasteiger charge is -2.12. The molecule has 2 heterocycles. The molecular formula is C13H17N5O4S. The topological polar surface area (TPSA) is 119 Å². The van der Waals surface area contributed by atoms with Crippen LogP contribution in [0.15, 0.2) is 21.7 Å². The van der Waals surface area contributed by atoms with Gasteiger partial charge in [-0.3, -0.25) is 4.79 Å². The molecule has 0 atom stereocenters. The van der Waals surface area contributed by atoms with Crippen LogP contribution in [0, 0.1) is 6.92 Å². The van der Waals surface area contributed by atoms with Gasteiger partial charge < -0.3 is 14.4 Å². The highest BCUT2D eigenvalue weighted by Crippen LogP contribution is 2.45. The SMILES string of the molecule is CNC(=O)c1cc(S(=O)(=O)NC2(c3nc(C)no3)CC2)cn1C. The van der Waals surface area contributed by atoms with Crippen LogP contribution in [0.3, 0.4) is 0 Å². The second kappa shape index (κ2) is 5.17. The molecule has 0 saturated heterocycles. The highest BCUT2D eigenvalue weighted by molar-refractivity contribution is 7.89. The summed E-state index contributed by atoms with van der Waals surface area (Å²) in [6, 6.07) is 1.33. The van der Waals surface area contributed by atoms with Crippen molar-refractivity contribution in [3.8, 4) is 0 Å². The molecule has 124 valence electrons. The predicted octanol–water partition coefficient (Wildman–Crippen LogP) is 0.0437. The van der Waals surface area contributed by atoms with Crippen molar-refractivity contribution in [2.24, 2.45) is 7.05 Å². The van der Waals surface area contributed by atoms with Crippen molar-refractivity contribution < 1.29 is 17.7 Å². The van der Waals surface area contributed by atoms with E-state index >= 15 is 0 Å². The van der Waals surface area contributed by atoms with Crippen LogP contribution in [-0.4, -0.2) is 36.1 Å². The number of hydrogen-bond donors (Lipinski definition) is 2. The van der Waals surface area contributed by atoms with Crippen molar-refractivity contribution in [3.05, 3.63) is 29.7 Å². The Labute approximate surface area is 133 Å². The van der Waals surface area contributed by atoms with Crippen molar-refractivity contribution >= 4 is 15.9 Å². The van der Waals surface area contributed by atoms with Crippen LogP contribution in [0.25, 0.3) is 0 Å². The second-order valence-corrected chi connectivity index (χ2v) is 7.27. The normalized spacial score (nSPS) is 16.3. The number of hydrogen-bond acceptors (Lipinski definition) is 6. The Kier molecular flexibility index (Phi) is 3.52. The lowest BCUT2D eigenvalue weighted by molar-refractivity contribution is 0.0955. The second-order valence-electron chi connectivity index (χ2n) is 5.59. The Hall–Kier alpha value is -2.20. The molecule has 10 heteroatoms. The average Bonchev–Trinajstić information content (AvgIpc) is 2.93. The van der Waals surface area contributed by atoms with E-state index in [2.05, 4.69) is 20.2 Å². The van der Waals surface area contributed by atoms with Crippen LogP contribution in [0.4, 0.5) is 0 Å². The fraction of sp³-hybridized carbons (Fsp3) is 0.462. The molecule has 0 unspecified atom stereocenters. The molecule has 9 nitrogen and oxygen atoms in total. The molecule has 0 spiro atoms. The third kappa shape index (κ3) is 2.75. The molecule has 23 heavy (non-hydrogen) atoms. The molecule has 0 bridgehead atoms. The maximum atomic E-state index is 12.6. The van der Waals surface area contributed by atoms with Crippen LogP contribution in [0.5, 0.6) is 0 Å². The molecule has 1 fully saturated rings. The average molecular weight is 339 g/mol. The van der Waals surface area contributed by atoms with Gasteiger partial charge in [0.25, 0.3) is 5.91 Å². The highest BCUT2D eigenvalue weighted by Gasteiger charge is 2.52. The van der Waals surface area contributed by atoms with Crippen molar-refractivity contribution in [1.29, 1.82) is 0 Å². The zero-order valence-electron chi connectivity index (χ0n) is 13.0. The molecule has 1 aliphatic carbocycles. The van der Waals surface area contributed by atoms with Gasteiger partial charge in [-0.1, -0.05) is 5.16 Å². The van der Waals surface area contributed by atoms with Crippen molar-refractivity contribution in [1.82, 2.24) is 24.7 Å². The van der Waals surface area contributed by atoms with E-state index in [-0.39, 0.29) is 22.4 Å². The zero-order chi connectivity index (χ0) is 16.8. The monoisotopic (exact) mass is 339 g/mol. The minimum atomic E-state index is -3.82. The minimum Gasteiger partial charge on any atom is -0.354 e. The first kappa shape index (κ1) is 15.7. The summed E-state index contributed by atoms with van der Waals surface area (Å²) in [5.41, 5.74) is -0.588. The van der Waals surface area contributed by atoms with Crippen molar-refractivity contribution in [2.45, 2.75) is 30.2 Å². The molecule has 3 rings (SSSR count). The van der Waals surface area contributed by atoms with Crippen molar-refractivity contribution in [2.75, 3.05) is 7.05 Å². The first-order valence-electron chi connectivity index (χ1n) is 7.01. The number of aromatic nitrogens is 3. The third-order valence-corrected chi connectivity index (χ3v) is 5.27. The van der Waals surface area contributed by atoms with Gasteiger partial charge in [-0.15, -0.1) is 0 Å². The minimum absolute atomic E-state index is 0.0149. The zero-order valence-corrected chi connectivity index (χ0v) is 13.8. The van der Waals surface area contributed by atoms with Gasteiger partial charge in [-0.05, 0) is 25.8 Å². The van der Waals surface area contributed by atoms with Gasteiger partial charge in [0.2, 0.25) is 15.9 Å².